The molecule has 0 bridgehead atoms. The van der Waals surface area contributed by atoms with Gasteiger partial charge in [-0.15, -0.1) is 0 Å². The van der Waals surface area contributed by atoms with Crippen LogP contribution in [0.15, 0.2) is 0 Å². The lowest BCUT2D eigenvalue weighted by Gasteiger charge is -2.22. The predicted molar refractivity (Wildman–Crippen MR) is 41.1 cm³/mol. The van der Waals surface area contributed by atoms with Crippen molar-refractivity contribution < 1.29 is 9.90 Å². The minimum atomic E-state index is -1.23. The van der Waals surface area contributed by atoms with Crippen LogP contribution in [0.5, 0.6) is 0 Å². The maximum Gasteiger partial charge on any atom is 0.253 e. The van der Waals surface area contributed by atoms with E-state index >= 15 is 0 Å². The largest absolute Gasteiger partial charge is 0.379 e. The zero-order chi connectivity index (χ0) is 8.48. The van der Waals surface area contributed by atoms with Gasteiger partial charge in [0.2, 0.25) is 0 Å². The smallest absolute Gasteiger partial charge is 0.253 e. The minimum absolute atomic E-state index is 0.276. The third-order valence-corrected chi connectivity index (χ3v) is 1.85. The molecule has 1 aliphatic heterocycles. The van der Waals surface area contributed by atoms with Crippen molar-refractivity contribution in [2.45, 2.75) is 12.5 Å². The maximum atomic E-state index is 11.1. The van der Waals surface area contributed by atoms with Gasteiger partial charge in [-0.2, -0.15) is 0 Å². The number of aliphatic hydroxyl groups is 1. The van der Waals surface area contributed by atoms with Crippen molar-refractivity contribution >= 4 is 5.91 Å². The number of hydrogen-bond donors (Lipinski definition) is 2. The molecule has 0 radical (unpaired) electrons. The molecule has 4 heteroatoms. The summed E-state index contributed by atoms with van der Waals surface area (Å²) in [6.45, 7) is 3.34. The molecular weight excluding hydrogens is 144 g/mol. The molecule has 0 aromatic rings. The average Bonchev–Trinajstić information content (AvgIpc) is 1.93. The summed E-state index contributed by atoms with van der Waals surface area (Å²) in [5.74, 6) is -0.276. The standard InChI is InChI=1S/C7H14N2O2/c1-7(11)5-9(2)4-3-8-6(7)10/h11H,3-5H2,1-2H3,(H,8,10). The van der Waals surface area contributed by atoms with Gasteiger partial charge in [0.05, 0.1) is 0 Å². The summed E-state index contributed by atoms with van der Waals surface area (Å²) in [5, 5.41) is 12.2. The van der Waals surface area contributed by atoms with Crippen LogP contribution >= 0.6 is 0 Å². The molecule has 1 aliphatic rings. The molecule has 0 aromatic heterocycles. The summed E-state index contributed by atoms with van der Waals surface area (Å²) < 4.78 is 0. The van der Waals surface area contributed by atoms with Gasteiger partial charge >= 0.3 is 0 Å². The van der Waals surface area contributed by atoms with E-state index in [-0.39, 0.29) is 5.91 Å². The van der Waals surface area contributed by atoms with Gasteiger partial charge in [-0.1, -0.05) is 0 Å². The van der Waals surface area contributed by atoms with Crippen LogP contribution in [0.3, 0.4) is 0 Å². The Kier molecular flexibility index (Phi) is 2.15. The summed E-state index contributed by atoms with van der Waals surface area (Å²) in [6, 6.07) is 0. The topological polar surface area (TPSA) is 52.6 Å². The van der Waals surface area contributed by atoms with Crippen LogP contribution < -0.4 is 5.32 Å². The van der Waals surface area contributed by atoms with Crippen molar-refractivity contribution in [2.24, 2.45) is 0 Å². The normalized spacial score (nSPS) is 34.6. The van der Waals surface area contributed by atoms with Crippen LogP contribution in [-0.4, -0.2) is 48.2 Å². The van der Waals surface area contributed by atoms with Crippen molar-refractivity contribution in [3.05, 3.63) is 0 Å². The highest BCUT2D eigenvalue weighted by atomic mass is 16.3. The van der Waals surface area contributed by atoms with Crippen molar-refractivity contribution in [1.82, 2.24) is 10.2 Å². The van der Waals surface area contributed by atoms with Crippen LogP contribution in [0.2, 0.25) is 0 Å². The Bertz CT molecular complexity index is 168. The minimum Gasteiger partial charge on any atom is -0.379 e. The van der Waals surface area contributed by atoms with Gasteiger partial charge in [0, 0.05) is 19.6 Å². The predicted octanol–water partition coefficient (Wildman–Crippen LogP) is -1.20. The first-order valence-corrected chi connectivity index (χ1v) is 3.71. The van der Waals surface area contributed by atoms with Crippen molar-refractivity contribution in [1.29, 1.82) is 0 Å². The van der Waals surface area contributed by atoms with E-state index in [1.165, 1.54) is 6.92 Å². The Morgan fingerprint density at radius 3 is 3.00 bits per heavy atom. The Hall–Kier alpha value is -0.610. The first-order valence-electron chi connectivity index (χ1n) is 3.71. The molecule has 1 amide bonds. The van der Waals surface area contributed by atoms with E-state index < -0.39 is 5.60 Å². The lowest BCUT2D eigenvalue weighted by atomic mass is 10.1. The summed E-state index contributed by atoms with van der Waals surface area (Å²) in [4.78, 5) is 13.0. The van der Waals surface area contributed by atoms with Crippen molar-refractivity contribution in [3.63, 3.8) is 0 Å². The van der Waals surface area contributed by atoms with E-state index in [0.29, 0.717) is 13.1 Å². The quantitative estimate of drug-likeness (QED) is 0.465. The lowest BCUT2D eigenvalue weighted by molar-refractivity contribution is -0.137. The maximum absolute atomic E-state index is 11.1. The molecule has 1 rings (SSSR count). The molecule has 0 spiro atoms. The number of rotatable bonds is 0. The third-order valence-electron chi connectivity index (χ3n) is 1.85. The fourth-order valence-electron chi connectivity index (χ4n) is 1.23. The molecule has 1 fully saturated rings. The van der Waals surface area contributed by atoms with E-state index in [1.54, 1.807) is 0 Å². The number of hydrogen-bond acceptors (Lipinski definition) is 3. The molecule has 0 saturated carbocycles. The van der Waals surface area contributed by atoms with E-state index in [2.05, 4.69) is 5.32 Å². The lowest BCUT2D eigenvalue weighted by Crippen LogP contribution is -2.47. The van der Waals surface area contributed by atoms with E-state index in [4.69, 9.17) is 0 Å². The second-order valence-electron chi connectivity index (χ2n) is 3.27. The fraction of sp³-hybridized carbons (Fsp3) is 0.857. The zero-order valence-corrected chi connectivity index (χ0v) is 6.92. The number of nitrogens with zero attached hydrogens (tertiary/aromatic N) is 1. The number of carbonyl (C=O) groups excluding carboxylic acids is 1. The van der Waals surface area contributed by atoms with Crippen LogP contribution in [0, 0.1) is 0 Å². The summed E-state index contributed by atoms with van der Waals surface area (Å²) in [7, 11) is 1.88. The molecule has 0 aliphatic carbocycles. The van der Waals surface area contributed by atoms with Gasteiger partial charge < -0.3 is 15.3 Å². The second-order valence-corrected chi connectivity index (χ2v) is 3.27. The van der Waals surface area contributed by atoms with Gasteiger partial charge in [0.1, 0.15) is 0 Å². The highest BCUT2D eigenvalue weighted by Crippen LogP contribution is 2.07. The number of nitrogens with one attached hydrogen (secondary N) is 1. The van der Waals surface area contributed by atoms with Gasteiger partial charge in [-0.05, 0) is 14.0 Å². The Morgan fingerprint density at radius 1 is 1.73 bits per heavy atom. The average molecular weight is 158 g/mol. The van der Waals surface area contributed by atoms with E-state index in [0.717, 1.165) is 6.54 Å². The molecule has 0 aromatic carbocycles. The molecule has 4 nitrogen and oxygen atoms in total. The first kappa shape index (κ1) is 8.49. The first-order chi connectivity index (χ1) is 5.02. The van der Waals surface area contributed by atoms with Gasteiger partial charge in [-0.25, -0.2) is 0 Å². The monoisotopic (exact) mass is 158 g/mol. The van der Waals surface area contributed by atoms with Crippen molar-refractivity contribution in [3.8, 4) is 0 Å². The van der Waals surface area contributed by atoms with E-state index in [9.17, 15) is 9.90 Å². The number of β-amino-alcohol motifs (C(OH)–C–C–N with tert-alkyl or cyclic N) is 1. The summed E-state index contributed by atoms with van der Waals surface area (Å²) >= 11 is 0. The highest BCUT2D eigenvalue weighted by molar-refractivity contribution is 5.84. The SMILES string of the molecule is CN1CCNC(=O)C(C)(O)C1. The molecule has 1 saturated heterocycles. The number of carbonyl (C=O) groups is 1. The van der Waals surface area contributed by atoms with Crippen LogP contribution in [0.4, 0.5) is 0 Å². The second kappa shape index (κ2) is 2.79. The Balaban J connectivity index is 2.68. The van der Waals surface area contributed by atoms with E-state index in [1.807, 2.05) is 11.9 Å². The Labute approximate surface area is 66.2 Å². The molecular formula is C7H14N2O2. The number of likely N-dealkylation sites (N-methyl/N-ethyl adjacent to an activating group) is 1. The molecule has 1 unspecified atom stereocenters. The fourth-order valence-corrected chi connectivity index (χ4v) is 1.23. The molecule has 64 valence electrons. The zero-order valence-electron chi connectivity index (χ0n) is 6.92. The Morgan fingerprint density at radius 2 is 2.36 bits per heavy atom. The molecule has 2 N–H and O–H groups in total. The van der Waals surface area contributed by atoms with Gasteiger partial charge in [-0.3, -0.25) is 4.79 Å². The van der Waals surface area contributed by atoms with Crippen LogP contribution in [0.25, 0.3) is 0 Å². The van der Waals surface area contributed by atoms with Gasteiger partial charge in [0.25, 0.3) is 5.91 Å². The molecule has 11 heavy (non-hydrogen) atoms. The summed E-state index contributed by atoms with van der Waals surface area (Å²) in [6.07, 6.45) is 0. The van der Waals surface area contributed by atoms with Crippen molar-refractivity contribution in [2.75, 3.05) is 26.7 Å². The highest BCUT2D eigenvalue weighted by Gasteiger charge is 2.33. The van der Waals surface area contributed by atoms with Crippen LogP contribution in [0.1, 0.15) is 6.92 Å². The molecule has 1 atom stereocenters. The summed E-state index contributed by atoms with van der Waals surface area (Å²) in [5.41, 5.74) is -1.23. The third kappa shape index (κ3) is 1.91. The number of amides is 1. The van der Waals surface area contributed by atoms with Crippen LogP contribution in [-0.2, 0) is 4.79 Å². The van der Waals surface area contributed by atoms with Gasteiger partial charge in [0.15, 0.2) is 5.60 Å². The molecule has 1 heterocycles.